The van der Waals surface area contributed by atoms with Gasteiger partial charge in [-0.25, -0.2) is 9.59 Å². The van der Waals surface area contributed by atoms with Crippen molar-refractivity contribution >= 4 is 29.2 Å². The molecular formula is C58H76F3N7O5. The van der Waals surface area contributed by atoms with Gasteiger partial charge in [0.15, 0.2) is 0 Å². The third kappa shape index (κ3) is 13.0. The van der Waals surface area contributed by atoms with E-state index in [4.69, 9.17) is 14.2 Å². The van der Waals surface area contributed by atoms with E-state index in [1.165, 1.54) is 53.0 Å². The van der Waals surface area contributed by atoms with Crippen LogP contribution in [0.3, 0.4) is 0 Å². The standard InChI is InChI=1S/C29H37F3N4O2.C29H39N3O3/c1-28(2)11-14-36(27(37)33-23-5-3-22(4-6-23)29(30,31)32)20-21-19-25(7-8-26(21)28)34-12-9-24(10-13-34)35-15-17-38-18-16-35;1-22-4-7-26(8-5-22)35-28(33)32-15-12-29(2,3)27-9-6-25(20-23(27)21-32)30-13-10-24(11-14-30)31-16-18-34-19-17-31/h3-8,19,24H,9-18,20H2,1-2H3,(H,33,37);4-9,20,24H,10-19,21H2,1-3H3. The minimum atomic E-state index is -4.40. The molecule has 6 aliphatic rings. The molecule has 4 fully saturated rings. The second-order valence-electron chi connectivity index (χ2n) is 22.2. The molecule has 10 rings (SSSR count). The average Bonchev–Trinajstić information content (AvgIpc) is 3.63. The van der Waals surface area contributed by atoms with Gasteiger partial charge in [-0.3, -0.25) is 9.80 Å². The highest BCUT2D eigenvalue weighted by Crippen LogP contribution is 2.39. The van der Waals surface area contributed by atoms with Crippen molar-refractivity contribution in [2.75, 3.05) is 107 Å². The zero-order valence-electron chi connectivity index (χ0n) is 43.7. The number of carbonyl (C=O) groups excluding carboxylic acids is 2. The second kappa shape index (κ2) is 22.6. The number of amides is 3. The number of hydrogen-bond acceptors (Lipinski definition) is 9. The first kappa shape index (κ1) is 52.5. The first-order valence-corrected chi connectivity index (χ1v) is 26.7. The first-order valence-electron chi connectivity index (χ1n) is 26.7. The fraction of sp³-hybridized carbons (Fsp3) is 0.552. The molecule has 0 aliphatic carbocycles. The number of hydrogen-bond donors (Lipinski definition) is 1. The quantitative estimate of drug-likeness (QED) is 0.203. The Balaban J connectivity index is 0.000000180. The largest absolute Gasteiger partial charge is 0.416 e. The summed E-state index contributed by atoms with van der Waals surface area (Å²) in [5, 5.41) is 2.79. The molecule has 0 saturated carbocycles. The molecule has 6 aliphatic heterocycles. The minimum Gasteiger partial charge on any atom is -0.410 e. The van der Waals surface area contributed by atoms with Gasteiger partial charge in [0.25, 0.3) is 0 Å². The molecular weight excluding hydrogens is 932 g/mol. The van der Waals surface area contributed by atoms with Crippen LogP contribution in [0.2, 0.25) is 0 Å². The number of nitrogens with zero attached hydrogens (tertiary/aromatic N) is 6. The molecule has 0 radical (unpaired) electrons. The molecule has 0 atom stereocenters. The molecule has 12 nitrogen and oxygen atoms in total. The van der Waals surface area contributed by atoms with E-state index in [-0.39, 0.29) is 23.0 Å². The summed E-state index contributed by atoms with van der Waals surface area (Å²) in [6.07, 6.45) is 1.67. The van der Waals surface area contributed by atoms with Gasteiger partial charge in [-0.05, 0) is 139 Å². The molecule has 4 saturated heterocycles. The molecule has 0 spiro atoms. The number of ether oxygens (including phenoxy) is 3. The van der Waals surface area contributed by atoms with Crippen molar-refractivity contribution in [3.63, 3.8) is 0 Å². The maximum Gasteiger partial charge on any atom is 0.416 e. The van der Waals surface area contributed by atoms with Gasteiger partial charge in [0.2, 0.25) is 0 Å². The normalized spacial score (nSPS) is 21.2. The molecule has 1 N–H and O–H groups in total. The number of fused-ring (bicyclic) bond motifs is 2. The Hall–Kier alpha value is -5.35. The topological polar surface area (TPSA) is 93.3 Å². The average molecular weight is 1010 g/mol. The summed E-state index contributed by atoms with van der Waals surface area (Å²) in [7, 11) is 0. The zero-order valence-corrected chi connectivity index (χ0v) is 43.7. The number of carbonyl (C=O) groups is 2. The van der Waals surface area contributed by atoms with E-state index in [9.17, 15) is 22.8 Å². The predicted molar refractivity (Wildman–Crippen MR) is 282 cm³/mol. The lowest BCUT2D eigenvalue weighted by molar-refractivity contribution is -0.137. The van der Waals surface area contributed by atoms with E-state index in [0.717, 1.165) is 128 Å². The van der Waals surface area contributed by atoms with Crippen molar-refractivity contribution in [2.45, 2.75) is 115 Å². The second-order valence-corrected chi connectivity index (χ2v) is 22.2. The van der Waals surface area contributed by atoms with E-state index in [1.807, 2.05) is 36.1 Å². The van der Waals surface area contributed by atoms with Gasteiger partial charge in [-0.15, -0.1) is 0 Å². The highest BCUT2D eigenvalue weighted by atomic mass is 19.4. The Labute approximate surface area is 430 Å². The highest BCUT2D eigenvalue weighted by Gasteiger charge is 2.35. The molecule has 6 heterocycles. The lowest BCUT2D eigenvalue weighted by Gasteiger charge is -2.41. The molecule has 0 unspecified atom stereocenters. The van der Waals surface area contributed by atoms with Crippen molar-refractivity contribution < 1.29 is 37.0 Å². The Kier molecular flexibility index (Phi) is 16.3. The van der Waals surface area contributed by atoms with Crippen molar-refractivity contribution in [1.29, 1.82) is 0 Å². The van der Waals surface area contributed by atoms with E-state index in [0.29, 0.717) is 49.7 Å². The molecule has 0 aromatic heterocycles. The van der Waals surface area contributed by atoms with Crippen LogP contribution in [-0.2, 0) is 39.6 Å². The van der Waals surface area contributed by atoms with Crippen molar-refractivity contribution in [1.82, 2.24) is 19.6 Å². The van der Waals surface area contributed by atoms with Gasteiger partial charge < -0.3 is 39.1 Å². The Morgan fingerprint density at radius 2 is 1.04 bits per heavy atom. The summed E-state index contributed by atoms with van der Waals surface area (Å²) in [6.45, 7) is 25.0. The Morgan fingerprint density at radius 3 is 1.51 bits per heavy atom. The summed E-state index contributed by atoms with van der Waals surface area (Å²) in [4.78, 5) is 40.0. The molecule has 4 aromatic carbocycles. The number of alkyl halides is 3. The van der Waals surface area contributed by atoms with E-state index < -0.39 is 11.7 Å². The zero-order chi connectivity index (χ0) is 51.3. The van der Waals surface area contributed by atoms with Crippen molar-refractivity contribution in [3.05, 3.63) is 118 Å². The van der Waals surface area contributed by atoms with E-state index in [1.54, 1.807) is 4.90 Å². The van der Waals surface area contributed by atoms with Gasteiger partial charge in [0.1, 0.15) is 5.75 Å². The number of halogens is 3. The first-order chi connectivity index (χ1) is 35.0. The SMILES string of the molecule is CC1(C)CCN(C(=O)Nc2ccc(C(F)(F)F)cc2)Cc2cc(N3CCC(N4CCOCC4)CC3)ccc21.Cc1ccc(OC(=O)N2CCC(C)(C)c3ccc(N4CCC(N5CCOCC5)CC4)cc3C2)cc1. The number of morpholine rings is 2. The van der Waals surface area contributed by atoms with Gasteiger partial charge in [-0.1, -0.05) is 57.5 Å². The molecule has 73 heavy (non-hydrogen) atoms. The van der Waals surface area contributed by atoms with Crippen LogP contribution in [-0.4, -0.2) is 136 Å². The molecule has 0 bridgehead atoms. The monoisotopic (exact) mass is 1010 g/mol. The van der Waals surface area contributed by atoms with Crippen LogP contribution in [0.4, 0.5) is 39.8 Å². The summed E-state index contributed by atoms with van der Waals surface area (Å²) >= 11 is 0. The van der Waals surface area contributed by atoms with Gasteiger partial charge in [0, 0.05) is 108 Å². The number of rotatable bonds is 6. The van der Waals surface area contributed by atoms with Crippen LogP contribution in [0, 0.1) is 6.92 Å². The predicted octanol–water partition coefficient (Wildman–Crippen LogP) is 10.7. The smallest absolute Gasteiger partial charge is 0.410 e. The lowest BCUT2D eigenvalue weighted by atomic mass is 9.80. The lowest BCUT2D eigenvalue weighted by Crippen LogP contribution is -2.49. The van der Waals surface area contributed by atoms with Crippen LogP contribution in [0.15, 0.2) is 84.9 Å². The van der Waals surface area contributed by atoms with Crippen LogP contribution >= 0.6 is 0 Å². The number of benzene rings is 4. The number of aryl methyl sites for hydroxylation is 1. The third-order valence-electron chi connectivity index (χ3n) is 16.4. The Bertz CT molecular complexity index is 2490. The number of piperidine rings is 2. The number of urea groups is 1. The summed E-state index contributed by atoms with van der Waals surface area (Å²) in [5.41, 5.74) is 8.09. The van der Waals surface area contributed by atoms with Crippen LogP contribution in [0.25, 0.3) is 0 Å². The number of nitrogens with one attached hydrogen (secondary N) is 1. The van der Waals surface area contributed by atoms with Gasteiger partial charge in [-0.2, -0.15) is 13.2 Å². The Morgan fingerprint density at radius 1 is 0.589 bits per heavy atom. The van der Waals surface area contributed by atoms with Gasteiger partial charge >= 0.3 is 18.3 Å². The molecule has 15 heteroatoms. The summed E-state index contributed by atoms with van der Waals surface area (Å²) in [5.74, 6) is 0.598. The highest BCUT2D eigenvalue weighted by molar-refractivity contribution is 5.89. The fourth-order valence-corrected chi connectivity index (χ4v) is 11.7. The number of anilines is 3. The van der Waals surface area contributed by atoms with Crippen LogP contribution in [0.5, 0.6) is 5.75 Å². The molecule has 4 aromatic rings. The van der Waals surface area contributed by atoms with E-state index >= 15 is 0 Å². The van der Waals surface area contributed by atoms with Crippen LogP contribution in [0.1, 0.15) is 99.6 Å². The minimum absolute atomic E-state index is 0.01000. The van der Waals surface area contributed by atoms with E-state index in [2.05, 4.69) is 89.0 Å². The maximum absolute atomic E-state index is 13.2. The third-order valence-corrected chi connectivity index (χ3v) is 16.4. The van der Waals surface area contributed by atoms with Crippen LogP contribution < -0.4 is 19.9 Å². The molecule has 3 amide bonds. The van der Waals surface area contributed by atoms with Crippen molar-refractivity contribution in [2.24, 2.45) is 0 Å². The summed E-state index contributed by atoms with van der Waals surface area (Å²) < 4.78 is 55.5. The van der Waals surface area contributed by atoms with Gasteiger partial charge in [0.05, 0.1) is 32.0 Å². The molecule has 394 valence electrons. The van der Waals surface area contributed by atoms with Crippen molar-refractivity contribution in [3.8, 4) is 5.75 Å². The fourth-order valence-electron chi connectivity index (χ4n) is 11.7. The maximum atomic E-state index is 13.2. The summed E-state index contributed by atoms with van der Waals surface area (Å²) in [6, 6.07) is 26.8.